The molecule has 1 atom stereocenters. The first-order valence-electron chi connectivity index (χ1n) is 10.1. The molecule has 4 aromatic rings. The summed E-state index contributed by atoms with van der Waals surface area (Å²) in [6.45, 7) is 1.67. The van der Waals surface area contributed by atoms with Gasteiger partial charge in [0.1, 0.15) is 0 Å². The number of hydrogen-bond donors (Lipinski definition) is 1. The van der Waals surface area contributed by atoms with Crippen molar-refractivity contribution in [3.63, 3.8) is 0 Å². The number of carbonyl (C=O) groups is 1. The van der Waals surface area contributed by atoms with Gasteiger partial charge in [0.15, 0.2) is 0 Å². The highest BCUT2D eigenvalue weighted by molar-refractivity contribution is 5.98. The van der Waals surface area contributed by atoms with Gasteiger partial charge in [-0.15, -0.1) is 5.92 Å². The lowest BCUT2D eigenvalue weighted by Crippen LogP contribution is -2.30. The van der Waals surface area contributed by atoms with Gasteiger partial charge < -0.3 is 5.32 Å². The smallest absolute Gasteiger partial charge is 0.339 e. The average molecular weight is 445 g/mol. The van der Waals surface area contributed by atoms with E-state index in [0.29, 0.717) is 22.4 Å². The first kappa shape index (κ1) is 22.0. The van der Waals surface area contributed by atoms with E-state index in [0.717, 1.165) is 23.0 Å². The van der Waals surface area contributed by atoms with Crippen molar-refractivity contribution in [2.75, 3.05) is 0 Å². The lowest BCUT2D eigenvalue weighted by molar-refractivity contribution is -0.137. The van der Waals surface area contributed by atoms with Gasteiger partial charge in [-0.2, -0.15) is 13.2 Å². The second-order valence-corrected chi connectivity index (χ2v) is 7.25. The number of fused-ring (bicyclic) bond motifs is 1. The van der Waals surface area contributed by atoms with E-state index in [-0.39, 0.29) is 0 Å². The predicted octanol–water partition coefficient (Wildman–Crippen LogP) is 5.54. The van der Waals surface area contributed by atoms with Crippen LogP contribution in [-0.2, 0) is 6.18 Å². The summed E-state index contributed by atoms with van der Waals surface area (Å²) in [5.74, 6) is 5.36. The standard InChI is InChI=1S/C26H18F3N3O/c1-2-5-17-6-3-15-31-23(17)24(18-8-11-21(12-9-18)26(27,28)29)32-25(33)20-10-13-22-19(16-20)7-4-14-30-22/h3-4,6-16,24H,1H3,(H,32,33)/t24-/m0/s1. The molecule has 4 rings (SSSR count). The number of nitrogens with zero attached hydrogens (tertiary/aromatic N) is 2. The third kappa shape index (κ3) is 4.85. The molecular formula is C26H18F3N3O. The highest BCUT2D eigenvalue weighted by atomic mass is 19.4. The van der Waals surface area contributed by atoms with E-state index < -0.39 is 23.7 Å². The number of benzene rings is 2. The quantitative estimate of drug-likeness (QED) is 0.420. The van der Waals surface area contributed by atoms with E-state index in [1.54, 1.807) is 55.7 Å². The zero-order valence-corrected chi connectivity index (χ0v) is 17.5. The summed E-state index contributed by atoms with van der Waals surface area (Å²) in [6, 6.07) is 16.1. The maximum atomic E-state index is 13.2. The van der Waals surface area contributed by atoms with Gasteiger partial charge in [-0.3, -0.25) is 14.8 Å². The molecule has 1 N–H and O–H groups in total. The van der Waals surface area contributed by atoms with Crippen molar-refractivity contribution in [3.05, 3.63) is 107 Å². The Balaban J connectivity index is 1.75. The molecule has 0 saturated heterocycles. The number of halogens is 3. The van der Waals surface area contributed by atoms with Crippen LogP contribution in [0.1, 0.15) is 45.7 Å². The Morgan fingerprint density at radius 1 is 0.970 bits per heavy atom. The molecule has 0 spiro atoms. The Labute approximate surface area is 188 Å². The maximum absolute atomic E-state index is 13.2. The normalized spacial score (nSPS) is 12.0. The lowest BCUT2D eigenvalue weighted by Gasteiger charge is -2.21. The Morgan fingerprint density at radius 2 is 1.70 bits per heavy atom. The molecule has 1 amide bonds. The van der Waals surface area contributed by atoms with Crippen LogP contribution in [0.2, 0.25) is 0 Å². The molecule has 164 valence electrons. The molecule has 0 saturated carbocycles. The number of rotatable bonds is 4. The van der Waals surface area contributed by atoms with Crippen LogP contribution >= 0.6 is 0 Å². The fourth-order valence-corrected chi connectivity index (χ4v) is 3.49. The minimum Gasteiger partial charge on any atom is -0.339 e. The number of hydrogen-bond acceptors (Lipinski definition) is 3. The van der Waals surface area contributed by atoms with Gasteiger partial charge in [0, 0.05) is 28.9 Å². The summed E-state index contributed by atoms with van der Waals surface area (Å²) in [6.07, 6.45) is -1.23. The summed E-state index contributed by atoms with van der Waals surface area (Å²) >= 11 is 0. The van der Waals surface area contributed by atoms with Crippen LogP contribution in [0.5, 0.6) is 0 Å². The number of carbonyl (C=O) groups excluding carboxylic acids is 1. The molecule has 0 radical (unpaired) electrons. The highest BCUT2D eigenvalue weighted by Gasteiger charge is 2.31. The molecule has 0 bridgehead atoms. The van der Waals surface area contributed by atoms with Gasteiger partial charge in [-0.25, -0.2) is 0 Å². The fraction of sp³-hybridized carbons (Fsp3) is 0.115. The summed E-state index contributed by atoms with van der Waals surface area (Å²) in [7, 11) is 0. The van der Waals surface area contributed by atoms with Crippen LogP contribution in [0.3, 0.4) is 0 Å². The summed E-state index contributed by atoms with van der Waals surface area (Å²) in [4.78, 5) is 21.8. The first-order valence-corrected chi connectivity index (χ1v) is 10.1. The molecule has 4 nitrogen and oxygen atoms in total. The van der Waals surface area contributed by atoms with E-state index in [4.69, 9.17) is 0 Å². The van der Waals surface area contributed by atoms with Crippen LogP contribution in [0, 0.1) is 11.8 Å². The van der Waals surface area contributed by atoms with Gasteiger partial charge in [0.2, 0.25) is 0 Å². The zero-order valence-electron chi connectivity index (χ0n) is 17.5. The molecule has 0 unspecified atom stereocenters. The van der Waals surface area contributed by atoms with Crippen molar-refractivity contribution in [3.8, 4) is 11.8 Å². The van der Waals surface area contributed by atoms with Gasteiger partial charge in [-0.1, -0.05) is 24.1 Å². The largest absolute Gasteiger partial charge is 0.416 e. The fourth-order valence-electron chi connectivity index (χ4n) is 3.49. The molecule has 2 heterocycles. The molecule has 7 heteroatoms. The SMILES string of the molecule is CC#Cc1cccnc1[C@@H](NC(=O)c1ccc2ncccc2c1)c1ccc(C(F)(F)F)cc1. The average Bonchev–Trinajstić information content (AvgIpc) is 2.82. The number of pyridine rings is 2. The van der Waals surface area contributed by atoms with Crippen LogP contribution in [-0.4, -0.2) is 15.9 Å². The van der Waals surface area contributed by atoms with Crippen molar-refractivity contribution < 1.29 is 18.0 Å². The Bertz CT molecular complexity index is 1370. The van der Waals surface area contributed by atoms with Crippen LogP contribution in [0.15, 0.2) is 79.1 Å². The van der Waals surface area contributed by atoms with E-state index in [2.05, 4.69) is 27.1 Å². The summed E-state index contributed by atoms with van der Waals surface area (Å²) in [5, 5.41) is 3.71. The predicted molar refractivity (Wildman–Crippen MR) is 119 cm³/mol. The van der Waals surface area contributed by atoms with Crippen LogP contribution in [0.4, 0.5) is 13.2 Å². The van der Waals surface area contributed by atoms with Crippen LogP contribution < -0.4 is 5.32 Å². The van der Waals surface area contributed by atoms with Crippen molar-refractivity contribution in [2.24, 2.45) is 0 Å². The number of aromatic nitrogens is 2. The zero-order chi connectivity index (χ0) is 23.4. The second kappa shape index (κ2) is 9.13. The van der Waals surface area contributed by atoms with Gasteiger partial charge in [-0.05, 0) is 61.0 Å². The van der Waals surface area contributed by atoms with E-state index in [1.807, 2.05) is 6.07 Å². The topological polar surface area (TPSA) is 54.9 Å². The van der Waals surface area contributed by atoms with Crippen LogP contribution in [0.25, 0.3) is 10.9 Å². The maximum Gasteiger partial charge on any atom is 0.416 e. The van der Waals surface area contributed by atoms with Crippen molar-refractivity contribution in [1.82, 2.24) is 15.3 Å². The first-order chi connectivity index (χ1) is 15.9. The van der Waals surface area contributed by atoms with Gasteiger partial charge in [0.25, 0.3) is 5.91 Å². The molecule has 2 aromatic carbocycles. The Morgan fingerprint density at radius 3 is 2.42 bits per heavy atom. The number of alkyl halides is 3. The third-order valence-corrected chi connectivity index (χ3v) is 5.08. The molecule has 0 aliphatic carbocycles. The van der Waals surface area contributed by atoms with Crippen molar-refractivity contribution >= 4 is 16.8 Å². The minimum absolute atomic E-state index is 0.395. The number of amides is 1. The summed E-state index contributed by atoms with van der Waals surface area (Å²) < 4.78 is 39.2. The van der Waals surface area contributed by atoms with Crippen molar-refractivity contribution in [1.29, 1.82) is 0 Å². The molecular weight excluding hydrogens is 427 g/mol. The van der Waals surface area contributed by atoms with E-state index in [1.165, 1.54) is 12.1 Å². The lowest BCUT2D eigenvalue weighted by atomic mass is 9.97. The Hall–Kier alpha value is -4.18. The van der Waals surface area contributed by atoms with Crippen molar-refractivity contribution in [2.45, 2.75) is 19.1 Å². The monoisotopic (exact) mass is 445 g/mol. The van der Waals surface area contributed by atoms with E-state index >= 15 is 0 Å². The molecule has 0 aliphatic heterocycles. The molecule has 33 heavy (non-hydrogen) atoms. The molecule has 0 fully saturated rings. The van der Waals surface area contributed by atoms with Gasteiger partial charge >= 0.3 is 6.18 Å². The highest BCUT2D eigenvalue weighted by Crippen LogP contribution is 2.31. The van der Waals surface area contributed by atoms with Gasteiger partial charge in [0.05, 0.1) is 22.8 Å². The summed E-state index contributed by atoms with van der Waals surface area (Å²) in [5.41, 5.74) is 1.85. The Kier molecular flexibility index (Phi) is 6.09. The molecule has 0 aliphatic rings. The van der Waals surface area contributed by atoms with E-state index in [9.17, 15) is 18.0 Å². The third-order valence-electron chi connectivity index (χ3n) is 5.08. The number of nitrogens with one attached hydrogen (secondary N) is 1. The minimum atomic E-state index is -4.46. The molecule has 2 aromatic heterocycles. The second-order valence-electron chi connectivity index (χ2n) is 7.25.